The second-order valence-corrected chi connectivity index (χ2v) is 6.99. The van der Waals surface area contributed by atoms with Gasteiger partial charge in [0.1, 0.15) is 0 Å². The molecule has 0 saturated carbocycles. The number of hydrogen-bond acceptors (Lipinski definition) is 3. The van der Waals surface area contributed by atoms with Crippen LogP contribution in [0.2, 0.25) is 0 Å². The lowest BCUT2D eigenvalue weighted by Crippen LogP contribution is -2.46. The highest BCUT2D eigenvalue weighted by Crippen LogP contribution is 2.44. The highest BCUT2D eigenvalue weighted by molar-refractivity contribution is 5.35. The Morgan fingerprint density at radius 1 is 1.29 bits per heavy atom. The standard InChI is InChI=1S/C18H26O3/c1-13-4-5-14(2)16(10-13)17(3,19)15-6-8-21-18(11-15)7-9-20-12-18/h4-5,10,15,19H,6-9,11-12H2,1-3H3. The normalized spacial score (nSPS) is 32.3. The van der Waals surface area contributed by atoms with E-state index in [-0.39, 0.29) is 11.5 Å². The molecule has 2 saturated heterocycles. The summed E-state index contributed by atoms with van der Waals surface area (Å²) in [6, 6.07) is 6.33. The Hall–Kier alpha value is -0.900. The maximum atomic E-state index is 11.3. The van der Waals surface area contributed by atoms with Crippen LogP contribution >= 0.6 is 0 Å². The molecule has 2 heterocycles. The number of aliphatic hydroxyl groups is 1. The molecule has 2 aliphatic rings. The van der Waals surface area contributed by atoms with Crippen LogP contribution in [0.1, 0.15) is 42.9 Å². The van der Waals surface area contributed by atoms with Gasteiger partial charge in [0, 0.05) is 19.6 Å². The average molecular weight is 290 g/mol. The summed E-state index contributed by atoms with van der Waals surface area (Å²) in [4.78, 5) is 0. The molecule has 0 aromatic heterocycles. The second kappa shape index (κ2) is 5.38. The number of hydrogen-bond donors (Lipinski definition) is 1. The van der Waals surface area contributed by atoms with E-state index in [0.29, 0.717) is 6.61 Å². The van der Waals surface area contributed by atoms with E-state index < -0.39 is 5.60 Å². The van der Waals surface area contributed by atoms with Crippen molar-refractivity contribution in [2.75, 3.05) is 19.8 Å². The van der Waals surface area contributed by atoms with Crippen LogP contribution < -0.4 is 0 Å². The van der Waals surface area contributed by atoms with Crippen LogP contribution in [-0.2, 0) is 15.1 Å². The molecule has 1 aromatic rings. The maximum absolute atomic E-state index is 11.3. The van der Waals surface area contributed by atoms with Gasteiger partial charge in [0.15, 0.2) is 0 Å². The van der Waals surface area contributed by atoms with E-state index in [1.54, 1.807) is 0 Å². The summed E-state index contributed by atoms with van der Waals surface area (Å²) < 4.78 is 11.5. The van der Waals surface area contributed by atoms with Gasteiger partial charge in [-0.3, -0.25) is 0 Å². The first-order valence-corrected chi connectivity index (χ1v) is 7.95. The van der Waals surface area contributed by atoms with Crippen LogP contribution in [0.3, 0.4) is 0 Å². The minimum atomic E-state index is -0.810. The number of rotatable bonds is 2. The molecule has 21 heavy (non-hydrogen) atoms. The molecule has 0 bridgehead atoms. The monoisotopic (exact) mass is 290 g/mol. The molecule has 0 aliphatic carbocycles. The lowest BCUT2D eigenvalue weighted by Gasteiger charge is -2.44. The summed E-state index contributed by atoms with van der Waals surface area (Å²) in [5.41, 5.74) is 2.44. The van der Waals surface area contributed by atoms with E-state index in [1.165, 1.54) is 5.56 Å². The van der Waals surface area contributed by atoms with Crippen LogP contribution in [0.15, 0.2) is 18.2 Å². The SMILES string of the molecule is Cc1ccc(C)c(C(C)(O)C2CCOC3(CCOC3)C2)c1. The molecule has 0 amide bonds. The van der Waals surface area contributed by atoms with Crippen LogP contribution in [0, 0.1) is 19.8 Å². The van der Waals surface area contributed by atoms with Gasteiger partial charge in [0.05, 0.1) is 17.8 Å². The third kappa shape index (κ3) is 2.75. The van der Waals surface area contributed by atoms with E-state index in [4.69, 9.17) is 9.47 Å². The Kier molecular flexibility index (Phi) is 3.85. The predicted octanol–water partition coefficient (Wildman–Crippen LogP) is 3.10. The summed E-state index contributed by atoms with van der Waals surface area (Å²) in [6.07, 6.45) is 2.74. The largest absolute Gasteiger partial charge is 0.385 e. The van der Waals surface area contributed by atoms with Crippen molar-refractivity contribution in [3.63, 3.8) is 0 Å². The Balaban J connectivity index is 1.88. The predicted molar refractivity (Wildman–Crippen MR) is 82.3 cm³/mol. The van der Waals surface area contributed by atoms with Gasteiger partial charge in [-0.15, -0.1) is 0 Å². The minimum Gasteiger partial charge on any atom is -0.385 e. The van der Waals surface area contributed by atoms with Gasteiger partial charge >= 0.3 is 0 Å². The van der Waals surface area contributed by atoms with Crippen molar-refractivity contribution in [1.82, 2.24) is 0 Å². The molecule has 116 valence electrons. The molecule has 3 rings (SSSR count). The summed E-state index contributed by atoms with van der Waals surface area (Å²) >= 11 is 0. The van der Waals surface area contributed by atoms with Crippen molar-refractivity contribution >= 4 is 0 Å². The highest BCUT2D eigenvalue weighted by Gasteiger charge is 2.46. The van der Waals surface area contributed by atoms with Crippen molar-refractivity contribution in [1.29, 1.82) is 0 Å². The Morgan fingerprint density at radius 2 is 2.10 bits per heavy atom. The maximum Gasteiger partial charge on any atom is 0.0940 e. The average Bonchev–Trinajstić information content (AvgIpc) is 2.89. The van der Waals surface area contributed by atoms with E-state index in [1.807, 2.05) is 6.92 Å². The molecule has 2 aliphatic heterocycles. The molecule has 3 heteroatoms. The smallest absolute Gasteiger partial charge is 0.0940 e. The van der Waals surface area contributed by atoms with Gasteiger partial charge in [0.25, 0.3) is 0 Å². The fraction of sp³-hybridized carbons (Fsp3) is 0.667. The van der Waals surface area contributed by atoms with Gasteiger partial charge in [-0.2, -0.15) is 0 Å². The van der Waals surface area contributed by atoms with Crippen molar-refractivity contribution in [3.8, 4) is 0 Å². The van der Waals surface area contributed by atoms with Crippen LogP contribution in [0.25, 0.3) is 0 Å². The Morgan fingerprint density at radius 3 is 2.81 bits per heavy atom. The molecule has 0 radical (unpaired) electrons. The first kappa shape index (κ1) is 15.0. The van der Waals surface area contributed by atoms with E-state index in [0.717, 1.165) is 43.6 Å². The lowest BCUT2D eigenvalue weighted by atomic mass is 9.72. The van der Waals surface area contributed by atoms with E-state index in [2.05, 4.69) is 32.0 Å². The van der Waals surface area contributed by atoms with Crippen LogP contribution in [-0.4, -0.2) is 30.5 Å². The third-order valence-electron chi connectivity index (χ3n) is 5.29. The minimum absolute atomic E-state index is 0.162. The fourth-order valence-electron chi connectivity index (χ4n) is 3.87. The molecular weight excluding hydrogens is 264 g/mol. The second-order valence-electron chi connectivity index (χ2n) is 6.99. The summed E-state index contributed by atoms with van der Waals surface area (Å²) in [5.74, 6) is 0.216. The third-order valence-corrected chi connectivity index (χ3v) is 5.29. The van der Waals surface area contributed by atoms with E-state index in [9.17, 15) is 5.11 Å². The topological polar surface area (TPSA) is 38.7 Å². The van der Waals surface area contributed by atoms with Crippen molar-refractivity contribution in [2.24, 2.45) is 5.92 Å². The van der Waals surface area contributed by atoms with Gasteiger partial charge in [-0.25, -0.2) is 0 Å². The van der Waals surface area contributed by atoms with Crippen LogP contribution in [0.4, 0.5) is 0 Å². The molecule has 1 aromatic carbocycles. The quantitative estimate of drug-likeness (QED) is 0.909. The zero-order chi connectivity index (χ0) is 15.1. The zero-order valence-corrected chi connectivity index (χ0v) is 13.3. The van der Waals surface area contributed by atoms with Crippen molar-refractivity contribution in [2.45, 2.75) is 51.2 Å². The van der Waals surface area contributed by atoms with Crippen molar-refractivity contribution < 1.29 is 14.6 Å². The Labute approximate surface area is 127 Å². The summed E-state index contributed by atoms with van der Waals surface area (Å²) in [7, 11) is 0. The van der Waals surface area contributed by atoms with Crippen LogP contribution in [0.5, 0.6) is 0 Å². The van der Waals surface area contributed by atoms with Crippen molar-refractivity contribution in [3.05, 3.63) is 34.9 Å². The zero-order valence-electron chi connectivity index (χ0n) is 13.3. The molecular formula is C18H26O3. The summed E-state index contributed by atoms with van der Waals surface area (Å²) in [6.45, 7) is 8.29. The van der Waals surface area contributed by atoms with Gasteiger partial charge in [0.2, 0.25) is 0 Å². The van der Waals surface area contributed by atoms with Gasteiger partial charge < -0.3 is 14.6 Å². The molecule has 3 nitrogen and oxygen atoms in total. The number of benzene rings is 1. The number of aryl methyl sites for hydroxylation is 2. The molecule has 1 spiro atoms. The summed E-state index contributed by atoms with van der Waals surface area (Å²) in [5, 5.41) is 11.3. The first-order valence-electron chi connectivity index (χ1n) is 7.95. The number of ether oxygens (including phenoxy) is 2. The molecule has 1 N–H and O–H groups in total. The fourth-order valence-corrected chi connectivity index (χ4v) is 3.87. The van der Waals surface area contributed by atoms with E-state index >= 15 is 0 Å². The highest BCUT2D eigenvalue weighted by atomic mass is 16.6. The molecule has 3 atom stereocenters. The first-order chi connectivity index (χ1) is 9.93. The molecule has 3 unspecified atom stereocenters. The van der Waals surface area contributed by atoms with Gasteiger partial charge in [-0.1, -0.05) is 23.8 Å². The Bertz CT molecular complexity index is 515. The van der Waals surface area contributed by atoms with Gasteiger partial charge in [-0.05, 0) is 50.7 Å². The lowest BCUT2D eigenvalue weighted by molar-refractivity contribution is -0.141. The molecule has 2 fully saturated rings.